The van der Waals surface area contributed by atoms with Gasteiger partial charge in [0.2, 0.25) is 0 Å². The highest BCUT2D eigenvalue weighted by molar-refractivity contribution is 6.04. The summed E-state index contributed by atoms with van der Waals surface area (Å²) in [6, 6.07) is 8.65. The van der Waals surface area contributed by atoms with Crippen LogP contribution in [0.5, 0.6) is 0 Å². The molecule has 116 valence electrons. The third-order valence-corrected chi connectivity index (χ3v) is 3.29. The lowest BCUT2D eigenvalue weighted by Crippen LogP contribution is -2.16. The molecule has 0 radical (unpaired) electrons. The van der Waals surface area contributed by atoms with Crippen LogP contribution in [0.2, 0.25) is 0 Å². The minimum absolute atomic E-state index is 0.364. The average molecular weight is 314 g/mol. The van der Waals surface area contributed by atoms with E-state index in [9.17, 15) is 13.6 Å². The number of nitrogens with zero attached hydrogens (tertiary/aromatic N) is 3. The molecule has 23 heavy (non-hydrogen) atoms. The summed E-state index contributed by atoms with van der Waals surface area (Å²) in [5, 5.41) is 6.80. The molecule has 0 bridgehead atoms. The Kier molecular flexibility index (Phi) is 3.84. The fourth-order valence-electron chi connectivity index (χ4n) is 2.11. The number of benzene rings is 1. The van der Waals surface area contributed by atoms with Crippen molar-refractivity contribution in [2.24, 2.45) is 7.05 Å². The quantitative estimate of drug-likeness (QED) is 0.808. The number of pyridine rings is 1. The van der Waals surface area contributed by atoms with E-state index >= 15 is 0 Å². The van der Waals surface area contributed by atoms with E-state index in [1.807, 2.05) is 0 Å². The number of hydrogen-bond acceptors (Lipinski definition) is 3. The van der Waals surface area contributed by atoms with Gasteiger partial charge in [0.05, 0.1) is 11.3 Å². The SMILES string of the molecule is Cn1nc(-c2ccncc2)cc1NC(=O)c1cccc(F)c1F. The van der Waals surface area contributed by atoms with E-state index in [1.165, 1.54) is 16.8 Å². The predicted octanol–water partition coefficient (Wildman–Crippen LogP) is 3.01. The highest BCUT2D eigenvalue weighted by Gasteiger charge is 2.17. The molecule has 0 unspecified atom stereocenters. The topological polar surface area (TPSA) is 59.8 Å². The third-order valence-electron chi connectivity index (χ3n) is 3.29. The van der Waals surface area contributed by atoms with Crippen LogP contribution in [0.4, 0.5) is 14.6 Å². The number of aryl methyl sites for hydroxylation is 1. The van der Waals surface area contributed by atoms with E-state index in [0.29, 0.717) is 11.5 Å². The molecule has 1 amide bonds. The molecule has 0 atom stereocenters. The largest absolute Gasteiger partial charge is 0.307 e. The zero-order valence-electron chi connectivity index (χ0n) is 12.1. The minimum atomic E-state index is -1.18. The van der Waals surface area contributed by atoms with Crippen molar-refractivity contribution in [3.8, 4) is 11.3 Å². The number of carbonyl (C=O) groups is 1. The van der Waals surface area contributed by atoms with E-state index < -0.39 is 17.5 Å². The van der Waals surface area contributed by atoms with Crippen LogP contribution < -0.4 is 5.32 Å². The Balaban J connectivity index is 1.87. The molecular formula is C16H12F2N4O. The summed E-state index contributed by atoms with van der Waals surface area (Å²) in [4.78, 5) is 16.0. The second-order valence-corrected chi connectivity index (χ2v) is 4.83. The first-order valence-corrected chi connectivity index (χ1v) is 6.76. The third kappa shape index (κ3) is 2.94. The van der Waals surface area contributed by atoms with Gasteiger partial charge in [-0.25, -0.2) is 8.78 Å². The van der Waals surface area contributed by atoms with Crippen molar-refractivity contribution in [1.82, 2.24) is 14.8 Å². The van der Waals surface area contributed by atoms with Crippen molar-refractivity contribution < 1.29 is 13.6 Å². The van der Waals surface area contributed by atoms with E-state index in [4.69, 9.17) is 0 Å². The molecule has 0 saturated carbocycles. The fourth-order valence-corrected chi connectivity index (χ4v) is 2.11. The van der Waals surface area contributed by atoms with Crippen LogP contribution in [-0.2, 0) is 7.05 Å². The molecule has 0 saturated heterocycles. The van der Waals surface area contributed by atoms with E-state index in [2.05, 4.69) is 15.4 Å². The number of halogens is 2. The number of anilines is 1. The molecule has 0 aliphatic carbocycles. The maximum atomic E-state index is 13.7. The normalized spacial score (nSPS) is 10.6. The Morgan fingerprint density at radius 3 is 2.65 bits per heavy atom. The lowest BCUT2D eigenvalue weighted by atomic mass is 10.2. The Labute approximate surface area is 130 Å². The molecule has 0 spiro atoms. The van der Waals surface area contributed by atoms with Gasteiger partial charge < -0.3 is 5.32 Å². The van der Waals surface area contributed by atoms with Crippen LogP contribution in [0.3, 0.4) is 0 Å². The molecule has 0 aliphatic rings. The van der Waals surface area contributed by atoms with Gasteiger partial charge in [-0.2, -0.15) is 5.10 Å². The minimum Gasteiger partial charge on any atom is -0.307 e. The van der Waals surface area contributed by atoms with Gasteiger partial charge in [0.25, 0.3) is 5.91 Å². The molecule has 2 aromatic heterocycles. The molecule has 5 nitrogen and oxygen atoms in total. The molecule has 1 N–H and O–H groups in total. The van der Waals surface area contributed by atoms with E-state index in [0.717, 1.165) is 11.6 Å². The summed E-state index contributed by atoms with van der Waals surface area (Å²) in [7, 11) is 1.64. The lowest BCUT2D eigenvalue weighted by Gasteiger charge is -2.06. The van der Waals surface area contributed by atoms with Gasteiger partial charge in [0, 0.05) is 31.1 Å². The fraction of sp³-hybridized carbons (Fsp3) is 0.0625. The van der Waals surface area contributed by atoms with Gasteiger partial charge in [0.15, 0.2) is 11.6 Å². The zero-order chi connectivity index (χ0) is 16.4. The molecular weight excluding hydrogens is 302 g/mol. The van der Waals surface area contributed by atoms with E-state index in [-0.39, 0.29) is 5.56 Å². The lowest BCUT2D eigenvalue weighted by molar-refractivity contribution is 0.102. The van der Waals surface area contributed by atoms with Crippen LogP contribution >= 0.6 is 0 Å². The number of carbonyl (C=O) groups excluding carboxylic acids is 1. The maximum Gasteiger partial charge on any atom is 0.259 e. The monoisotopic (exact) mass is 314 g/mol. The first-order chi connectivity index (χ1) is 11.1. The van der Waals surface area contributed by atoms with Gasteiger partial charge >= 0.3 is 0 Å². The summed E-state index contributed by atoms with van der Waals surface area (Å²) in [5.74, 6) is -2.63. The number of hydrogen-bond donors (Lipinski definition) is 1. The van der Waals surface area contributed by atoms with Crippen molar-refractivity contribution in [2.75, 3.05) is 5.32 Å². The van der Waals surface area contributed by atoms with Gasteiger partial charge in [-0.1, -0.05) is 6.07 Å². The maximum absolute atomic E-state index is 13.7. The number of nitrogens with one attached hydrogen (secondary N) is 1. The van der Waals surface area contributed by atoms with Crippen LogP contribution in [0, 0.1) is 11.6 Å². The standard InChI is InChI=1S/C16H12F2N4O/c1-22-14(9-13(21-22)10-5-7-19-8-6-10)20-16(23)11-3-2-4-12(17)15(11)18/h2-9H,1H3,(H,20,23). The Bertz CT molecular complexity index is 862. The van der Waals surface area contributed by atoms with Crippen molar-refractivity contribution in [1.29, 1.82) is 0 Å². The molecule has 0 aliphatic heterocycles. The highest BCUT2D eigenvalue weighted by atomic mass is 19.2. The van der Waals surface area contributed by atoms with Crippen molar-refractivity contribution >= 4 is 11.7 Å². The number of rotatable bonds is 3. The van der Waals surface area contributed by atoms with Gasteiger partial charge in [0.1, 0.15) is 5.82 Å². The van der Waals surface area contributed by atoms with Crippen LogP contribution in [0.25, 0.3) is 11.3 Å². The van der Waals surface area contributed by atoms with Gasteiger partial charge in [-0.05, 0) is 24.3 Å². The van der Waals surface area contributed by atoms with Gasteiger partial charge in [-0.15, -0.1) is 0 Å². The Hall–Kier alpha value is -3.09. The molecule has 3 aromatic rings. The predicted molar refractivity (Wildman–Crippen MR) is 80.8 cm³/mol. The summed E-state index contributed by atoms with van der Waals surface area (Å²) in [6.07, 6.45) is 3.26. The zero-order valence-corrected chi connectivity index (χ0v) is 12.1. The van der Waals surface area contributed by atoms with Crippen LogP contribution in [-0.4, -0.2) is 20.7 Å². The van der Waals surface area contributed by atoms with Crippen molar-refractivity contribution in [3.05, 3.63) is 66.0 Å². The summed E-state index contributed by atoms with van der Waals surface area (Å²) in [6.45, 7) is 0. The van der Waals surface area contributed by atoms with E-state index in [1.54, 1.807) is 37.6 Å². The van der Waals surface area contributed by atoms with Crippen LogP contribution in [0.15, 0.2) is 48.8 Å². The summed E-state index contributed by atoms with van der Waals surface area (Å²) >= 11 is 0. The molecule has 3 rings (SSSR count). The van der Waals surface area contributed by atoms with Crippen LogP contribution in [0.1, 0.15) is 10.4 Å². The second kappa shape index (κ2) is 5.96. The highest BCUT2D eigenvalue weighted by Crippen LogP contribution is 2.21. The number of aromatic nitrogens is 3. The summed E-state index contributed by atoms with van der Waals surface area (Å²) < 4.78 is 28.3. The smallest absolute Gasteiger partial charge is 0.259 e. The number of amides is 1. The molecule has 2 heterocycles. The molecule has 7 heteroatoms. The van der Waals surface area contributed by atoms with Gasteiger partial charge in [-0.3, -0.25) is 14.5 Å². The molecule has 0 fully saturated rings. The van der Waals surface area contributed by atoms with Crippen molar-refractivity contribution in [3.63, 3.8) is 0 Å². The Morgan fingerprint density at radius 2 is 1.91 bits per heavy atom. The Morgan fingerprint density at radius 1 is 1.17 bits per heavy atom. The summed E-state index contributed by atoms with van der Waals surface area (Å²) in [5.41, 5.74) is 1.09. The van der Waals surface area contributed by atoms with Crippen molar-refractivity contribution in [2.45, 2.75) is 0 Å². The second-order valence-electron chi connectivity index (χ2n) is 4.83. The first kappa shape index (κ1) is 14.8. The first-order valence-electron chi connectivity index (χ1n) is 6.76. The molecule has 1 aromatic carbocycles. The average Bonchev–Trinajstić information content (AvgIpc) is 2.92.